The van der Waals surface area contributed by atoms with E-state index in [9.17, 15) is 4.91 Å². The minimum Gasteiger partial charge on any atom is -0.344 e. The Bertz CT molecular complexity index is 910. The SMILES string of the molecule is Cc1ccccc1N(C)c1ccc(C(N=O)c2sccc2Cl)c(Cl)c1. The monoisotopic (exact) mass is 390 g/mol. The van der Waals surface area contributed by atoms with E-state index in [1.54, 1.807) is 6.07 Å². The van der Waals surface area contributed by atoms with Gasteiger partial charge in [0.1, 0.15) is 0 Å². The molecule has 0 aliphatic carbocycles. The van der Waals surface area contributed by atoms with Gasteiger partial charge in [0.15, 0.2) is 6.04 Å². The first-order chi connectivity index (χ1) is 12.0. The molecule has 0 aliphatic heterocycles. The van der Waals surface area contributed by atoms with E-state index < -0.39 is 6.04 Å². The van der Waals surface area contributed by atoms with Crippen LogP contribution in [0.1, 0.15) is 22.0 Å². The van der Waals surface area contributed by atoms with Crippen molar-refractivity contribution in [3.63, 3.8) is 0 Å². The van der Waals surface area contributed by atoms with Gasteiger partial charge >= 0.3 is 0 Å². The average Bonchev–Trinajstić information content (AvgIpc) is 3.03. The normalized spacial score (nSPS) is 12.0. The first-order valence-electron chi connectivity index (χ1n) is 7.67. The molecule has 1 atom stereocenters. The molecule has 0 spiro atoms. The summed E-state index contributed by atoms with van der Waals surface area (Å²) in [5.74, 6) is 0. The van der Waals surface area contributed by atoms with Crippen LogP contribution >= 0.6 is 34.5 Å². The fourth-order valence-corrected chi connectivity index (χ4v) is 4.25. The molecule has 0 saturated heterocycles. The van der Waals surface area contributed by atoms with E-state index in [-0.39, 0.29) is 0 Å². The number of rotatable bonds is 5. The molecule has 0 aliphatic rings. The Morgan fingerprint density at radius 1 is 1.08 bits per heavy atom. The van der Waals surface area contributed by atoms with E-state index in [1.807, 2.05) is 42.8 Å². The average molecular weight is 391 g/mol. The van der Waals surface area contributed by atoms with Gasteiger partial charge in [-0.3, -0.25) is 0 Å². The molecule has 0 amide bonds. The lowest BCUT2D eigenvalue weighted by Gasteiger charge is -2.22. The number of aryl methyl sites for hydroxylation is 1. The van der Waals surface area contributed by atoms with Gasteiger partial charge in [-0.15, -0.1) is 16.2 Å². The highest BCUT2D eigenvalue weighted by atomic mass is 35.5. The van der Waals surface area contributed by atoms with Crippen LogP contribution in [0.25, 0.3) is 0 Å². The number of nitroso groups, excluding NO2 is 1. The van der Waals surface area contributed by atoms with Gasteiger partial charge in [-0.2, -0.15) is 0 Å². The Labute approximate surface area is 160 Å². The summed E-state index contributed by atoms with van der Waals surface area (Å²) in [6, 6.07) is 14.8. The molecule has 0 fully saturated rings. The molecule has 128 valence electrons. The summed E-state index contributed by atoms with van der Waals surface area (Å²) in [6.45, 7) is 2.06. The zero-order valence-corrected chi connectivity index (χ0v) is 16.1. The number of para-hydroxylation sites is 1. The number of thiophene rings is 1. The third-order valence-electron chi connectivity index (χ3n) is 4.14. The van der Waals surface area contributed by atoms with Crippen molar-refractivity contribution in [2.24, 2.45) is 5.18 Å². The van der Waals surface area contributed by atoms with Crippen molar-refractivity contribution >= 4 is 45.9 Å². The molecule has 3 rings (SSSR count). The minimum atomic E-state index is -0.696. The van der Waals surface area contributed by atoms with Crippen LogP contribution in [0, 0.1) is 11.8 Å². The Morgan fingerprint density at radius 3 is 2.44 bits per heavy atom. The second-order valence-electron chi connectivity index (χ2n) is 5.69. The van der Waals surface area contributed by atoms with Crippen molar-refractivity contribution in [3.8, 4) is 0 Å². The standard InChI is InChI=1S/C19H16Cl2N2OS/c1-12-5-3-4-6-17(12)23(2)13-7-8-14(16(21)11-13)18(22-24)19-15(20)9-10-25-19/h3-11,18H,1-2H3. The van der Waals surface area contributed by atoms with Gasteiger partial charge in [-0.25, -0.2) is 0 Å². The molecule has 0 radical (unpaired) electrons. The molecule has 3 nitrogen and oxygen atoms in total. The van der Waals surface area contributed by atoms with E-state index in [4.69, 9.17) is 23.2 Å². The molecule has 0 saturated carbocycles. The van der Waals surface area contributed by atoms with Gasteiger partial charge in [0.25, 0.3) is 0 Å². The van der Waals surface area contributed by atoms with Crippen LogP contribution in [0.4, 0.5) is 11.4 Å². The lowest BCUT2D eigenvalue weighted by Crippen LogP contribution is -2.11. The lowest BCUT2D eigenvalue weighted by atomic mass is 10.0. The lowest BCUT2D eigenvalue weighted by molar-refractivity contribution is 0.884. The summed E-state index contributed by atoms with van der Waals surface area (Å²) in [5.41, 5.74) is 3.86. The molecule has 0 bridgehead atoms. The third-order valence-corrected chi connectivity index (χ3v) is 5.88. The molecule has 25 heavy (non-hydrogen) atoms. The van der Waals surface area contributed by atoms with Gasteiger partial charge in [-0.05, 0) is 42.1 Å². The van der Waals surface area contributed by atoms with Crippen LogP contribution in [0.15, 0.2) is 59.1 Å². The van der Waals surface area contributed by atoms with Gasteiger partial charge in [0.05, 0.1) is 9.90 Å². The second-order valence-corrected chi connectivity index (χ2v) is 7.45. The van der Waals surface area contributed by atoms with Gasteiger partial charge < -0.3 is 4.90 Å². The number of benzene rings is 2. The van der Waals surface area contributed by atoms with Gasteiger partial charge in [0, 0.05) is 29.0 Å². The highest BCUT2D eigenvalue weighted by Gasteiger charge is 2.22. The highest BCUT2D eigenvalue weighted by molar-refractivity contribution is 7.10. The van der Waals surface area contributed by atoms with Crippen LogP contribution in [0.3, 0.4) is 0 Å². The van der Waals surface area contributed by atoms with E-state index in [1.165, 1.54) is 16.9 Å². The second kappa shape index (κ2) is 7.56. The molecule has 6 heteroatoms. The topological polar surface area (TPSA) is 32.7 Å². The molecule has 2 aromatic carbocycles. The van der Waals surface area contributed by atoms with Crippen LogP contribution in [0.2, 0.25) is 10.0 Å². The number of anilines is 2. The van der Waals surface area contributed by atoms with E-state index >= 15 is 0 Å². The fourth-order valence-electron chi connectivity index (χ4n) is 2.77. The molecule has 1 unspecified atom stereocenters. The maximum Gasteiger partial charge on any atom is 0.154 e. The van der Waals surface area contributed by atoms with Gasteiger partial charge in [0.2, 0.25) is 0 Å². The summed E-state index contributed by atoms with van der Waals surface area (Å²) in [7, 11) is 1.99. The van der Waals surface area contributed by atoms with Crippen molar-refractivity contribution in [2.75, 3.05) is 11.9 Å². The summed E-state index contributed by atoms with van der Waals surface area (Å²) < 4.78 is 0. The van der Waals surface area contributed by atoms with Crippen LogP contribution in [0.5, 0.6) is 0 Å². The van der Waals surface area contributed by atoms with Crippen LogP contribution in [-0.2, 0) is 0 Å². The first-order valence-corrected chi connectivity index (χ1v) is 9.30. The van der Waals surface area contributed by atoms with Crippen LogP contribution < -0.4 is 4.90 Å². The molecule has 1 aromatic heterocycles. The molecular formula is C19H16Cl2N2OS. The van der Waals surface area contributed by atoms with Crippen LogP contribution in [-0.4, -0.2) is 7.05 Å². The molecule has 0 N–H and O–H groups in total. The number of hydrogen-bond donors (Lipinski definition) is 0. The van der Waals surface area contributed by atoms with Crippen molar-refractivity contribution < 1.29 is 0 Å². The van der Waals surface area contributed by atoms with Crippen molar-refractivity contribution in [1.29, 1.82) is 0 Å². The maximum absolute atomic E-state index is 11.4. The first kappa shape index (κ1) is 17.9. The predicted octanol–water partition coefficient (Wildman–Crippen LogP) is 6.99. The van der Waals surface area contributed by atoms with Gasteiger partial charge in [-0.1, -0.05) is 52.6 Å². The Kier molecular flexibility index (Phi) is 5.42. The van der Waals surface area contributed by atoms with Crippen molar-refractivity contribution in [2.45, 2.75) is 13.0 Å². The maximum atomic E-state index is 11.4. The largest absolute Gasteiger partial charge is 0.344 e. The quantitative estimate of drug-likeness (QED) is 0.439. The highest BCUT2D eigenvalue weighted by Crippen LogP contribution is 2.40. The number of halogens is 2. The summed E-state index contributed by atoms with van der Waals surface area (Å²) in [4.78, 5) is 14.2. The Hall–Kier alpha value is -1.88. The fraction of sp³-hybridized carbons (Fsp3) is 0.158. The summed E-state index contributed by atoms with van der Waals surface area (Å²) in [5, 5.41) is 6.11. The minimum absolute atomic E-state index is 0.493. The smallest absolute Gasteiger partial charge is 0.154 e. The summed E-state index contributed by atoms with van der Waals surface area (Å²) >= 11 is 14.0. The third kappa shape index (κ3) is 3.56. The van der Waals surface area contributed by atoms with Crippen molar-refractivity contribution in [1.82, 2.24) is 0 Å². The van der Waals surface area contributed by atoms with E-state index in [0.29, 0.717) is 20.5 Å². The number of nitrogens with zero attached hydrogens (tertiary/aromatic N) is 2. The molecule has 3 aromatic rings. The Morgan fingerprint density at radius 2 is 1.84 bits per heavy atom. The number of hydrogen-bond acceptors (Lipinski definition) is 4. The molecule has 1 heterocycles. The molecular weight excluding hydrogens is 375 g/mol. The zero-order valence-electron chi connectivity index (χ0n) is 13.7. The van der Waals surface area contributed by atoms with E-state index in [0.717, 1.165) is 11.4 Å². The zero-order chi connectivity index (χ0) is 18.0. The van der Waals surface area contributed by atoms with Crippen molar-refractivity contribution in [3.05, 3.63) is 84.9 Å². The summed E-state index contributed by atoms with van der Waals surface area (Å²) in [6.07, 6.45) is 0. The van der Waals surface area contributed by atoms with E-state index in [2.05, 4.69) is 29.1 Å². The predicted molar refractivity (Wildman–Crippen MR) is 108 cm³/mol. The Balaban J connectivity index is 1.97.